The van der Waals surface area contributed by atoms with Crippen LogP contribution in [0.3, 0.4) is 0 Å². The van der Waals surface area contributed by atoms with Gasteiger partial charge in [0.05, 0.1) is 18.8 Å². The van der Waals surface area contributed by atoms with Crippen molar-refractivity contribution in [3.63, 3.8) is 0 Å². The van der Waals surface area contributed by atoms with E-state index in [0.717, 1.165) is 13.1 Å². The second-order valence-electron chi connectivity index (χ2n) is 4.81. The average Bonchev–Trinajstić information content (AvgIpc) is 2.43. The molecule has 1 aromatic carbocycles. The van der Waals surface area contributed by atoms with Crippen molar-refractivity contribution in [3.8, 4) is 0 Å². The van der Waals surface area contributed by atoms with Crippen molar-refractivity contribution >= 4 is 11.6 Å². The molecule has 1 saturated heterocycles. The van der Waals surface area contributed by atoms with Gasteiger partial charge in [0.1, 0.15) is 5.82 Å². The lowest BCUT2D eigenvalue weighted by molar-refractivity contribution is -0.0869. The van der Waals surface area contributed by atoms with Gasteiger partial charge in [-0.25, -0.2) is 4.39 Å². The highest BCUT2D eigenvalue weighted by atomic mass is 35.5. The minimum atomic E-state index is -0.720. The zero-order chi connectivity index (χ0) is 13.8. The summed E-state index contributed by atoms with van der Waals surface area (Å²) in [6.45, 7) is 5.17. The molecule has 0 amide bonds. The molecule has 2 rings (SSSR count). The molecule has 2 unspecified atom stereocenters. The van der Waals surface area contributed by atoms with Crippen LogP contribution < -0.4 is 0 Å². The number of aliphatic hydroxyl groups excluding tert-OH is 1. The molecule has 1 heterocycles. The number of aliphatic hydroxyl groups is 1. The van der Waals surface area contributed by atoms with Crippen LogP contribution in [0.1, 0.15) is 12.5 Å². The fourth-order valence-electron chi connectivity index (χ4n) is 2.31. The zero-order valence-corrected chi connectivity index (χ0v) is 11.7. The molecule has 0 aliphatic carbocycles. The number of rotatable bonds is 4. The number of benzene rings is 1. The van der Waals surface area contributed by atoms with Crippen molar-refractivity contribution in [2.24, 2.45) is 0 Å². The van der Waals surface area contributed by atoms with Crippen molar-refractivity contribution in [2.75, 3.05) is 26.2 Å². The highest BCUT2D eigenvalue weighted by molar-refractivity contribution is 6.30. The van der Waals surface area contributed by atoms with E-state index in [0.29, 0.717) is 23.7 Å². The first-order valence-corrected chi connectivity index (χ1v) is 6.94. The number of hydrogen-bond donors (Lipinski definition) is 1. The van der Waals surface area contributed by atoms with E-state index in [-0.39, 0.29) is 18.3 Å². The Morgan fingerprint density at radius 3 is 3.11 bits per heavy atom. The highest BCUT2D eigenvalue weighted by Gasteiger charge is 2.26. The van der Waals surface area contributed by atoms with Crippen LogP contribution in [-0.2, 0) is 11.2 Å². The Balaban J connectivity index is 2.00. The van der Waals surface area contributed by atoms with Crippen LogP contribution in [0.15, 0.2) is 18.2 Å². The number of hydrogen-bond acceptors (Lipinski definition) is 3. The predicted molar refractivity (Wildman–Crippen MR) is 73.0 cm³/mol. The summed E-state index contributed by atoms with van der Waals surface area (Å²) in [5.41, 5.74) is 0.428. The Labute approximate surface area is 117 Å². The van der Waals surface area contributed by atoms with E-state index in [1.165, 1.54) is 12.1 Å². The summed E-state index contributed by atoms with van der Waals surface area (Å²) in [7, 11) is 0. The average molecular weight is 288 g/mol. The van der Waals surface area contributed by atoms with Gasteiger partial charge in [-0.2, -0.15) is 0 Å². The second kappa shape index (κ2) is 6.66. The summed E-state index contributed by atoms with van der Waals surface area (Å²) >= 11 is 5.84. The van der Waals surface area contributed by atoms with E-state index in [9.17, 15) is 9.50 Å². The molecular weight excluding hydrogens is 269 g/mol. The van der Waals surface area contributed by atoms with Crippen molar-refractivity contribution in [3.05, 3.63) is 34.6 Å². The lowest BCUT2D eigenvalue weighted by atomic mass is 10.0. The van der Waals surface area contributed by atoms with E-state index < -0.39 is 6.10 Å². The molecule has 3 nitrogen and oxygen atoms in total. The van der Waals surface area contributed by atoms with Crippen LogP contribution in [0.5, 0.6) is 0 Å². The molecule has 0 radical (unpaired) electrons. The number of ether oxygens (including phenoxy) is 1. The number of likely N-dealkylation sites (N-methyl/N-ethyl adjacent to an activating group) is 1. The topological polar surface area (TPSA) is 32.7 Å². The molecule has 1 fully saturated rings. The van der Waals surface area contributed by atoms with E-state index in [4.69, 9.17) is 16.3 Å². The van der Waals surface area contributed by atoms with E-state index >= 15 is 0 Å². The normalized spacial score (nSPS) is 22.4. The Kier molecular flexibility index (Phi) is 5.16. The van der Waals surface area contributed by atoms with Crippen molar-refractivity contribution in [2.45, 2.75) is 25.6 Å². The summed E-state index contributed by atoms with van der Waals surface area (Å²) in [5.74, 6) is -0.341. The van der Waals surface area contributed by atoms with E-state index in [2.05, 4.69) is 11.8 Å². The molecule has 0 aromatic heterocycles. The van der Waals surface area contributed by atoms with Crippen LogP contribution in [0.2, 0.25) is 5.02 Å². The molecule has 19 heavy (non-hydrogen) atoms. The number of morpholine rings is 1. The molecule has 2 atom stereocenters. The Hall–Kier alpha value is -0.680. The van der Waals surface area contributed by atoms with Crippen LogP contribution in [-0.4, -0.2) is 48.5 Å². The van der Waals surface area contributed by atoms with Crippen LogP contribution in [0, 0.1) is 5.82 Å². The lowest BCUT2D eigenvalue weighted by Gasteiger charge is -2.34. The van der Waals surface area contributed by atoms with Gasteiger partial charge in [0, 0.05) is 24.5 Å². The molecule has 106 valence electrons. The Morgan fingerprint density at radius 2 is 2.37 bits per heavy atom. The summed E-state index contributed by atoms with van der Waals surface area (Å²) in [6.07, 6.45) is -0.774. The van der Waals surface area contributed by atoms with E-state index in [1.54, 1.807) is 6.07 Å². The summed E-state index contributed by atoms with van der Waals surface area (Å²) in [5, 5.41) is 10.7. The summed E-state index contributed by atoms with van der Waals surface area (Å²) < 4.78 is 19.2. The maximum absolute atomic E-state index is 13.6. The third kappa shape index (κ3) is 3.89. The standard InChI is InChI=1S/C14H19ClFNO2/c1-2-17-5-6-19-14(9-17)13(18)8-10-7-11(15)3-4-12(10)16/h3-4,7,13-14,18H,2,5-6,8-9H2,1H3. The molecular formula is C14H19ClFNO2. The van der Waals surface area contributed by atoms with Crippen molar-refractivity contribution in [1.29, 1.82) is 0 Å². The third-order valence-corrected chi connectivity index (χ3v) is 3.73. The van der Waals surface area contributed by atoms with Crippen LogP contribution in [0.25, 0.3) is 0 Å². The molecule has 1 N–H and O–H groups in total. The van der Waals surface area contributed by atoms with Gasteiger partial charge in [0.2, 0.25) is 0 Å². The quantitative estimate of drug-likeness (QED) is 0.921. The smallest absolute Gasteiger partial charge is 0.126 e. The molecule has 1 aliphatic rings. The minimum Gasteiger partial charge on any atom is -0.390 e. The monoisotopic (exact) mass is 287 g/mol. The first-order valence-electron chi connectivity index (χ1n) is 6.56. The second-order valence-corrected chi connectivity index (χ2v) is 5.25. The van der Waals surface area contributed by atoms with Crippen LogP contribution >= 0.6 is 11.6 Å². The van der Waals surface area contributed by atoms with Gasteiger partial charge < -0.3 is 9.84 Å². The largest absolute Gasteiger partial charge is 0.390 e. The number of halogens is 2. The zero-order valence-electron chi connectivity index (χ0n) is 11.0. The molecule has 1 aliphatic heterocycles. The van der Waals surface area contributed by atoms with Gasteiger partial charge in [-0.05, 0) is 30.3 Å². The van der Waals surface area contributed by atoms with Gasteiger partial charge in [-0.1, -0.05) is 18.5 Å². The third-order valence-electron chi connectivity index (χ3n) is 3.49. The van der Waals surface area contributed by atoms with Gasteiger partial charge in [0.25, 0.3) is 0 Å². The van der Waals surface area contributed by atoms with Crippen molar-refractivity contribution in [1.82, 2.24) is 4.90 Å². The van der Waals surface area contributed by atoms with Crippen molar-refractivity contribution < 1.29 is 14.2 Å². The molecule has 5 heteroatoms. The number of nitrogens with zero attached hydrogens (tertiary/aromatic N) is 1. The summed E-state index contributed by atoms with van der Waals surface area (Å²) in [4.78, 5) is 2.21. The van der Waals surface area contributed by atoms with E-state index in [1.807, 2.05) is 0 Å². The van der Waals surface area contributed by atoms with Gasteiger partial charge in [0.15, 0.2) is 0 Å². The SMILES string of the molecule is CCN1CCOC(C(O)Cc2cc(Cl)ccc2F)C1. The molecule has 0 saturated carbocycles. The first-order chi connectivity index (χ1) is 9.10. The molecule has 0 spiro atoms. The Morgan fingerprint density at radius 1 is 1.58 bits per heavy atom. The van der Waals surface area contributed by atoms with Gasteiger partial charge in [-0.3, -0.25) is 4.90 Å². The Bertz CT molecular complexity index is 430. The van der Waals surface area contributed by atoms with Gasteiger partial charge >= 0.3 is 0 Å². The maximum Gasteiger partial charge on any atom is 0.126 e. The molecule has 0 bridgehead atoms. The minimum absolute atomic E-state index is 0.217. The summed E-state index contributed by atoms with van der Waals surface area (Å²) in [6, 6.07) is 4.38. The predicted octanol–water partition coefficient (Wildman–Crippen LogP) is 2.10. The maximum atomic E-state index is 13.6. The fraction of sp³-hybridized carbons (Fsp3) is 0.571. The lowest BCUT2D eigenvalue weighted by Crippen LogP contribution is -2.48. The first kappa shape index (κ1) is 14.7. The molecule has 1 aromatic rings. The van der Waals surface area contributed by atoms with Crippen LogP contribution in [0.4, 0.5) is 4.39 Å². The fourth-order valence-corrected chi connectivity index (χ4v) is 2.50. The highest BCUT2D eigenvalue weighted by Crippen LogP contribution is 2.19. The van der Waals surface area contributed by atoms with Gasteiger partial charge in [-0.15, -0.1) is 0 Å².